The number of benzene rings is 1. The first-order chi connectivity index (χ1) is 12.6. The predicted octanol–water partition coefficient (Wildman–Crippen LogP) is 1.14. The van der Waals surface area contributed by atoms with E-state index in [0.29, 0.717) is 32.5 Å². The molecule has 6 heteroatoms. The maximum Gasteiger partial charge on any atom is 0.240 e. The van der Waals surface area contributed by atoms with Gasteiger partial charge in [-0.2, -0.15) is 0 Å². The molecule has 2 atom stereocenters. The summed E-state index contributed by atoms with van der Waals surface area (Å²) in [7, 11) is 0. The Hall–Kier alpha value is -1.92. The number of amides is 2. The van der Waals surface area contributed by atoms with Gasteiger partial charge in [-0.05, 0) is 31.2 Å². The van der Waals surface area contributed by atoms with Gasteiger partial charge in [0.15, 0.2) is 0 Å². The fourth-order valence-electron chi connectivity index (χ4n) is 4.32. The van der Waals surface area contributed by atoms with E-state index in [0.717, 1.165) is 31.6 Å². The molecule has 2 heterocycles. The summed E-state index contributed by atoms with van der Waals surface area (Å²) < 4.78 is 5.72. The molecule has 1 spiro atoms. The Labute approximate surface area is 154 Å². The molecule has 3 fully saturated rings. The van der Waals surface area contributed by atoms with Crippen LogP contribution in [-0.4, -0.2) is 60.0 Å². The van der Waals surface area contributed by atoms with Crippen LogP contribution in [0.3, 0.4) is 0 Å². The summed E-state index contributed by atoms with van der Waals surface area (Å²) in [5, 5.41) is 0. The molecule has 1 aliphatic carbocycles. The highest BCUT2D eigenvalue weighted by molar-refractivity contribution is 5.86. The highest BCUT2D eigenvalue weighted by Gasteiger charge is 2.48. The number of carbonyl (C=O) groups is 2. The Morgan fingerprint density at radius 3 is 2.58 bits per heavy atom. The number of ether oxygens (including phenoxy) is 1. The van der Waals surface area contributed by atoms with Crippen molar-refractivity contribution in [1.29, 1.82) is 0 Å². The fraction of sp³-hybridized carbons (Fsp3) is 0.600. The number of nitrogens with zero attached hydrogens (tertiary/aromatic N) is 2. The van der Waals surface area contributed by atoms with Gasteiger partial charge in [0.1, 0.15) is 0 Å². The first-order valence-electron chi connectivity index (χ1n) is 9.54. The highest BCUT2D eigenvalue weighted by Crippen LogP contribution is 2.47. The van der Waals surface area contributed by atoms with Gasteiger partial charge in [-0.15, -0.1) is 0 Å². The fourth-order valence-corrected chi connectivity index (χ4v) is 4.32. The summed E-state index contributed by atoms with van der Waals surface area (Å²) in [4.78, 5) is 29.2. The Morgan fingerprint density at radius 2 is 1.88 bits per heavy atom. The van der Waals surface area contributed by atoms with Crippen molar-refractivity contribution >= 4 is 11.8 Å². The van der Waals surface area contributed by atoms with Gasteiger partial charge in [0.2, 0.25) is 11.8 Å². The summed E-state index contributed by atoms with van der Waals surface area (Å²) in [6.07, 6.45) is 3.61. The largest absolute Gasteiger partial charge is 0.379 e. The van der Waals surface area contributed by atoms with Gasteiger partial charge in [0.05, 0.1) is 25.3 Å². The van der Waals surface area contributed by atoms with E-state index in [1.807, 2.05) is 40.1 Å². The Morgan fingerprint density at radius 1 is 1.15 bits per heavy atom. The zero-order valence-electron chi connectivity index (χ0n) is 15.1. The molecule has 6 nitrogen and oxygen atoms in total. The van der Waals surface area contributed by atoms with Crippen molar-refractivity contribution in [2.75, 3.05) is 26.3 Å². The molecule has 26 heavy (non-hydrogen) atoms. The molecule has 3 aliphatic rings. The molecule has 140 valence electrons. The molecule has 1 aromatic carbocycles. The average molecular weight is 357 g/mol. The third-order valence-corrected chi connectivity index (χ3v) is 6.04. The second-order valence-electron chi connectivity index (χ2n) is 7.98. The molecule has 1 aromatic rings. The molecule has 2 aliphatic heterocycles. The topological polar surface area (TPSA) is 75.9 Å². The van der Waals surface area contributed by atoms with Gasteiger partial charge in [-0.1, -0.05) is 30.3 Å². The minimum atomic E-state index is -0.373. The van der Waals surface area contributed by atoms with Crippen molar-refractivity contribution in [3.05, 3.63) is 35.9 Å². The van der Waals surface area contributed by atoms with Crippen LogP contribution in [-0.2, 0) is 20.9 Å². The smallest absolute Gasteiger partial charge is 0.240 e. The number of primary amides is 1. The van der Waals surface area contributed by atoms with Crippen LogP contribution in [0.4, 0.5) is 0 Å². The lowest BCUT2D eigenvalue weighted by atomic mass is 10.1. The van der Waals surface area contributed by atoms with Crippen LogP contribution in [0.5, 0.6) is 0 Å². The highest BCUT2D eigenvalue weighted by atomic mass is 16.5. The lowest BCUT2D eigenvalue weighted by Crippen LogP contribution is -2.51. The van der Waals surface area contributed by atoms with Crippen LogP contribution in [0.2, 0.25) is 0 Å². The van der Waals surface area contributed by atoms with Gasteiger partial charge in [0, 0.05) is 25.0 Å². The summed E-state index contributed by atoms with van der Waals surface area (Å²) >= 11 is 0. The van der Waals surface area contributed by atoms with Crippen LogP contribution in [0, 0.1) is 5.41 Å². The second-order valence-corrected chi connectivity index (χ2v) is 7.98. The minimum Gasteiger partial charge on any atom is -0.379 e. The van der Waals surface area contributed by atoms with Gasteiger partial charge in [-0.3, -0.25) is 14.5 Å². The monoisotopic (exact) mass is 357 g/mol. The first-order valence-corrected chi connectivity index (χ1v) is 9.54. The predicted molar refractivity (Wildman–Crippen MR) is 97.1 cm³/mol. The molecule has 0 radical (unpaired) electrons. The molecule has 0 aromatic heterocycles. The maximum atomic E-state index is 13.3. The lowest BCUT2D eigenvalue weighted by molar-refractivity contribution is -0.138. The van der Waals surface area contributed by atoms with Crippen molar-refractivity contribution in [2.24, 2.45) is 11.1 Å². The quantitative estimate of drug-likeness (QED) is 0.877. The zero-order chi connectivity index (χ0) is 18.1. The van der Waals surface area contributed by atoms with E-state index in [2.05, 4.69) is 0 Å². The SMILES string of the molecule is NC(=O)[C@@H]1CC[C@H](C(=O)N2CCOCC3(CC3)C2)N1Cc1ccccc1. The molecule has 2 N–H and O–H groups in total. The van der Waals surface area contributed by atoms with Crippen LogP contribution in [0.25, 0.3) is 0 Å². The first kappa shape index (κ1) is 17.5. The van der Waals surface area contributed by atoms with Gasteiger partial charge < -0.3 is 15.4 Å². The summed E-state index contributed by atoms with van der Waals surface area (Å²) in [6, 6.07) is 9.32. The number of carbonyl (C=O) groups excluding carboxylic acids is 2. The zero-order valence-corrected chi connectivity index (χ0v) is 15.1. The molecule has 2 saturated heterocycles. The van der Waals surface area contributed by atoms with E-state index in [-0.39, 0.29) is 29.3 Å². The summed E-state index contributed by atoms with van der Waals surface area (Å²) in [5.74, 6) is -0.212. The van der Waals surface area contributed by atoms with Crippen molar-refractivity contribution in [3.8, 4) is 0 Å². The Bertz CT molecular complexity index is 674. The number of hydrogen-bond acceptors (Lipinski definition) is 4. The van der Waals surface area contributed by atoms with Crippen molar-refractivity contribution in [3.63, 3.8) is 0 Å². The Kier molecular flexibility index (Phi) is 4.71. The molecule has 0 bridgehead atoms. The van der Waals surface area contributed by atoms with Gasteiger partial charge >= 0.3 is 0 Å². The van der Waals surface area contributed by atoms with E-state index in [4.69, 9.17) is 10.5 Å². The molecular weight excluding hydrogens is 330 g/mol. The summed E-state index contributed by atoms with van der Waals surface area (Å²) in [6.45, 7) is 3.35. The molecular formula is C20H27N3O3. The lowest BCUT2D eigenvalue weighted by Gasteiger charge is -2.32. The molecule has 0 unspecified atom stereocenters. The van der Waals surface area contributed by atoms with E-state index in [1.165, 1.54) is 0 Å². The van der Waals surface area contributed by atoms with E-state index in [1.54, 1.807) is 0 Å². The van der Waals surface area contributed by atoms with Crippen LogP contribution >= 0.6 is 0 Å². The standard InChI is InChI=1S/C20H27N3O3/c21-18(24)16-6-7-17(23(16)12-15-4-2-1-3-5-15)19(25)22-10-11-26-14-20(13-22)8-9-20/h1-5,16-17H,6-14H2,(H2,21,24)/t16-,17+/m0/s1. The van der Waals surface area contributed by atoms with Crippen LogP contribution < -0.4 is 5.73 Å². The third kappa shape index (κ3) is 3.48. The van der Waals surface area contributed by atoms with E-state index < -0.39 is 0 Å². The van der Waals surface area contributed by atoms with E-state index >= 15 is 0 Å². The number of rotatable bonds is 4. The number of hydrogen-bond donors (Lipinski definition) is 1. The molecule has 1 saturated carbocycles. The van der Waals surface area contributed by atoms with Crippen molar-refractivity contribution in [2.45, 2.75) is 44.3 Å². The maximum absolute atomic E-state index is 13.3. The van der Waals surface area contributed by atoms with Crippen LogP contribution in [0.15, 0.2) is 30.3 Å². The molecule has 4 rings (SSSR count). The van der Waals surface area contributed by atoms with Crippen molar-refractivity contribution < 1.29 is 14.3 Å². The van der Waals surface area contributed by atoms with Crippen LogP contribution in [0.1, 0.15) is 31.2 Å². The van der Waals surface area contributed by atoms with Crippen molar-refractivity contribution in [1.82, 2.24) is 9.80 Å². The normalized spacial score (nSPS) is 28.1. The second kappa shape index (κ2) is 7.00. The van der Waals surface area contributed by atoms with Gasteiger partial charge in [-0.25, -0.2) is 0 Å². The average Bonchev–Trinajstić information content (AvgIpc) is 3.34. The van der Waals surface area contributed by atoms with E-state index in [9.17, 15) is 9.59 Å². The molecule has 2 amide bonds. The number of likely N-dealkylation sites (tertiary alicyclic amines) is 1. The Balaban J connectivity index is 1.52. The summed E-state index contributed by atoms with van der Waals surface area (Å²) in [5.41, 5.74) is 6.91. The third-order valence-electron chi connectivity index (χ3n) is 6.04. The minimum absolute atomic E-state index is 0.126. The number of nitrogens with two attached hydrogens (primary N) is 1. The van der Waals surface area contributed by atoms with Gasteiger partial charge in [0.25, 0.3) is 0 Å².